The number of amides is 2. The fraction of sp³-hybridized carbons (Fsp3) is 0.786. The van der Waals surface area contributed by atoms with Gasteiger partial charge in [-0.25, -0.2) is 4.79 Å². The number of aliphatic carboxylic acids is 1. The maximum absolute atomic E-state index is 11.9. The van der Waals surface area contributed by atoms with Crippen molar-refractivity contribution in [2.75, 3.05) is 26.8 Å². The minimum Gasteiger partial charge on any atom is -0.480 e. The van der Waals surface area contributed by atoms with Crippen LogP contribution in [-0.4, -0.2) is 60.6 Å². The van der Waals surface area contributed by atoms with Gasteiger partial charge in [-0.3, -0.25) is 9.59 Å². The maximum Gasteiger partial charge on any atom is 0.326 e. The molecule has 1 aliphatic rings. The topological polar surface area (TPSA) is 95.9 Å². The molecule has 1 heterocycles. The lowest BCUT2D eigenvalue weighted by atomic mass is 10.1. The Morgan fingerprint density at radius 1 is 1.33 bits per heavy atom. The van der Waals surface area contributed by atoms with Crippen LogP contribution in [0.4, 0.5) is 0 Å². The first kappa shape index (κ1) is 17.4. The van der Waals surface area contributed by atoms with Gasteiger partial charge in [-0.1, -0.05) is 12.8 Å². The number of methoxy groups -OCH3 is 1. The Hall–Kier alpha value is -1.63. The monoisotopic (exact) mass is 300 g/mol. The number of hydrogen-bond acceptors (Lipinski definition) is 4. The summed E-state index contributed by atoms with van der Waals surface area (Å²) in [7, 11) is 1.47. The lowest BCUT2D eigenvalue weighted by Gasteiger charge is -2.25. The Morgan fingerprint density at radius 2 is 2.05 bits per heavy atom. The molecule has 2 amide bonds. The van der Waals surface area contributed by atoms with Crippen LogP contribution in [0, 0.1) is 0 Å². The third-order valence-electron chi connectivity index (χ3n) is 3.50. The highest BCUT2D eigenvalue weighted by molar-refractivity contribution is 5.87. The van der Waals surface area contributed by atoms with Crippen LogP contribution in [0.1, 0.15) is 38.5 Å². The second kappa shape index (κ2) is 9.33. The van der Waals surface area contributed by atoms with Gasteiger partial charge >= 0.3 is 5.97 Å². The fourth-order valence-electron chi connectivity index (χ4n) is 2.29. The van der Waals surface area contributed by atoms with Crippen molar-refractivity contribution >= 4 is 17.8 Å². The van der Waals surface area contributed by atoms with Gasteiger partial charge in [0.1, 0.15) is 6.04 Å². The summed E-state index contributed by atoms with van der Waals surface area (Å²) < 4.78 is 4.82. The van der Waals surface area contributed by atoms with Crippen molar-refractivity contribution in [2.45, 2.75) is 44.6 Å². The molecule has 0 radical (unpaired) electrons. The first-order chi connectivity index (χ1) is 10.0. The number of ether oxygens (including phenoxy) is 1. The number of rotatable bonds is 7. The van der Waals surface area contributed by atoms with E-state index in [-0.39, 0.29) is 25.5 Å². The Balaban J connectivity index is 2.49. The van der Waals surface area contributed by atoms with Crippen molar-refractivity contribution in [2.24, 2.45) is 0 Å². The molecule has 0 aromatic rings. The van der Waals surface area contributed by atoms with E-state index in [9.17, 15) is 14.4 Å². The smallest absolute Gasteiger partial charge is 0.326 e. The molecule has 0 aliphatic carbocycles. The van der Waals surface area contributed by atoms with Crippen LogP contribution < -0.4 is 5.32 Å². The van der Waals surface area contributed by atoms with E-state index in [1.54, 1.807) is 0 Å². The summed E-state index contributed by atoms with van der Waals surface area (Å²) in [4.78, 5) is 36.4. The number of hydrogen-bond donors (Lipinski definition) is 2. The van der Waals surface area contributed by atoms with Gasteiger partial charge in [0.05, 0.1) is 6.54 Å². The SMILES string of the molecule is COCCC(NC(=O)CN1CCCCCCC1=O)C(=O)O. The van der Waals surface area contributed by atoms with Crippen LogP contribution in [0.5, 0.6) is 0 Å². The number of carboxylic acids is 1. The molecule has 1 fully saturated rings. The zero-order chi connectivity index (χ0) is 15.7. The fourth-order valence-corrected chi connectivity index (χ4v) is 2.29. The quantitative estimate of drug-likeness (QED) is 0.709. The van der Waals surface area contributed by atoms with E-state index < -0.39 is 17.9 Å². The van der Waals surface area contributed by atoms with Crippen molar-refractivity contribution in [1.29, 1.82) is 0 Å². The second-order valence-corrected chi connectivity index (χ2v) is 5.22. The summed E-state index contributed by atoms with van der Waals surface area (Å²) in [5, 5.41) is 11.5. The molecule has 0 bridgehead atoms. The molecule has 2 N–H and O–H groups in total. The molecule has 0 aromatic carbocycles. The Morgan fingerprint density at radius 3 is 2.71 bits per heavy atom. The van der Waals surface area contributed by atoms with E-state index in [4.69, 9.17) is 9.84 Å². The van der Waals surface area contributed by atoms with Crippen LogP contribution in [0.15, 0.2) is 0 Å². The number of carbonyl (C=O) groups is 3. The van der Waals surface area contributed by atoms with E-state index >= 15 is 0 Å². The van der Waals surface area contributed by atoms with Gasteiger partial charge in [0, 0.05) is 33.1 Å². The predicted octanol–water partition coefficient (Wildman–Crippen LogP) is 0.385. The first-order valence-corrected chi connectivity index (χ1v) is 7.33. The molecule has 1 saturated heterocycles. The molecule has 1 unspecified atom stereocenters. The molecule has 21 heavy (non-hydrogen) atoms. The van der Waals surface area contributed by atoms with Gasteiger partial charge in [0.25, 0.3) is 0 Å². The third-order valence-corrected chi connectivity index (χ3v) is 3.50. The summed E-state index contributed by atoms with van der Waals surface area (Å²) in [6.45, 7) is 0.734. The molecule has 7 nitrogen and oxygen atoms in total. The third kappa shape index (κ3) is 6.57. The Labute approximate surface area is 124 Å². The highest BCUT2D eigenvalue weighted by Gasteiger charge is 2.23. The van der Waals surface area contributed by atoms with Gasteiger partial charge in [-0.15, -0.1) is 0 Å². The standard InChI is InChI=1S/C14H24N2O5/c1-21-9-7-11(14(19)20)15-12(17)10-16-8-5-3-2-4-6-13(16)18/h11H,2-10H2,1H3,(H,15,17)(H,19,20). The van der Waals surface area contributed by atoms with Gasteiger partial charge in [0.15, 0.2) is 0 Å². The predicted molar refractivity (Wildman–Crippen MR) is 75.7 cm³/mol. The number of likely N-dealkylation sites (tertiary alicyclic amines) is 1. The molecule has 7 heteroatoms. The minimum absolute atomic E-state index is 0.0337. The van der Waals surface area contributed by atoms with E-state index in [0.717, 1.165) is 25.7 Å². The molecule has 1 atom stereocenters. The van der Waals surface area contributed by atoms with Gasteiger partial charge < -0.3 is 20.1 Å². The van der Waals surface area contributed by atoms with E-state index in [1.165, 1.54) is 12.0 Å². The number of nitrogens with zero attached hydrogens (tertiary/aromatic N) is 1. The first-order valence-electron chi connectivity index (χ1n) is 7.33. The lowest BCUT2D eigenvalue weighted by molar-refractivity contribution is -0.143. The van der Waals surface area contributed by atoms with E-state index in [0.29, 0.717) is 13.0 Å². The van der Waals surface area contributed by atoms with Crippen molar-refractivity contribution in [3.05, 3.63) is 0 Å². The van der Waals surface area contributed by atoms with Crippen LogP contribution in [0.2, 0.25) is 0 Å². The molecule has 0 aromatic heterocycles. The van der Waals surface area contributed by atoms with Gasteiger partial charge in [-0.05, 0) is 12.8 Å². The molecule has 0 spiro atoms. The van der Waals surface area contributed by atoms with Gasteiger partial charge in [0.2, 0.25) is 11.8 Å². The highest BCUT2D eigenvalue weighted by atomic mass is 16.5. The number of carbonyl (C=O) groups excluding carboxylic acids is 2. The zero-order valence-electron chi connectivity index (χ0n) is 12.5. The number of carboxylic acid groups (broad SMARTS) is 1. The van der Waals surface area contributed by atoms with Crippen LogP contribution in [0.3, 0.4) is 0 Å². The van der Waals surface area contributed by atoms with Crippen molar-refractivity contribution < 1.29 is 24.2 Å². The molecule has 0 saturated carbocycles. The summed E-state index contributed by atoms with van der Waals surface area (Å²) in [6, 6.07) is -0.984. The highest BCUT2D eigenvalue weighted by Crippen LogP contribution is 2.11. The molecule has 1 rings (SSSR count). The van der Waals surface area contributed by atoms with Crippen molar-refractivity contribution in [1.82, 2.24) is 10.2 Å². The Kier molecular flexibility index (Phi) is 7.74. The molecule has 1 aliphatic heterocycles. The zero-order valence-corrected chi connectivity index (χ0v) is 12.5. The minimum atomic E-state index is -1.10. The lowest BCUT2D eigenvalue weighted by Crippen LogP contribution is -2.47. The van der Waals surface area contributed by atoms with Crippen LogP contribution in [0.25, 0.3) is 0 Å². The maximum atomic E-state index is 11.9. The number of nitrogens with one attached hydrogen (secondary N) is 1. The van der Waals surface area contributed by atoms with E-state index in [1.807, 2.05) is 0 Å². The Bertz CT molecular complexity index is 372. The summed E-state index contributed by atoms with van der Waals surface area (Å²) >= 11 is 0. The second-order valence-electron chi connectivity index (χ2n) is 5.22. The van der Waals surface area contributed by atoms with Crippen molar-refractivity contribution in [3.8, 4) is 0 Å². The van der Waals surface area contributed by atoms with Gasteiger partial charge in [-0.2, -0.15) is 0 Å². The van der Waals surface area contributed by atoms with Crippen LogP contribution in [-0.2, 0) is 19.1 Å². The van der Waals surface area contributed by atoms with Crippen LogP contribution >= 0.6 is 0 Å². The van der Waals surface area contributed by atoms with Crippen molar-refractivity contribution in [3.63, 3.8) is 0 Å². The van der Waals surface area contributed by atoms with E-state index in [2.05, 4.69) is 5.32 Å². The summed E-state index contributed by atoms with van der Waals surface area (Å²) in [6.07, 6.45) is 4.49. The normalized spacial score (nSPS) is 17.8. The average molecular weight is 300 g/mol. The summed E-state index contributed by atoms with van der Waals surface area (Å²) in [5.74, 6) is -1.57. The summed E-state index contributed by atoms with van der Waals surface area (Å²) in [5.41, 5.74) is 0. The molecule has 120 valence electrons. The largest absolute Gasteiger partial charge is 0.480 e. The molecular weight excluding hydrogens is 276 g/mol. The average Bonchev–Trinajstić information content (AvgIpc) is 2.43. The molecular formula is C14H24N2O5.